The number of aldehydes is 1. The van der Waals surface area contributed by atoms with Crippen LogP contribution < -0.4 is 0 Å². The molecule has 0 N–H and O–H groups in total. The fraction of sp³-hybridized carbons (Fsp3) is 0.333. The van der Waals surface area contributed by atoms with Gasteiger partial charge in [0.15, 0.2) is 0 Å². The molecule has 14 heavy (non-hydrogen) atoms. The van der Waals surface area contributed by atoms with Crippen LogP contribution in [0.3, 0.4) is 0 Å². The van der Waals surface area contributed by atoms with Gasteiger partial charge in [-0.2, -0.15) is 0 Å². The molecule has 0 bridgehead atoms. The van der Waals surface area contributed by atoms with Gasteiger partial charge in [-0.1, -0.05) is 30.3 Å². The van der Waals surface area contributed by atoms with Gasteiger partial charge < -0.3 is 4.79 Å². The number of hydrogen-bond donors (Lipinski definition) is 0. The first-order valence-corrected chi connectivity index (χ1v) is 4.61. The first kappa shape index (κ1) is 10.6. The van der Waals surface area contributed by atoms with Crippen molar-refractivity contribution in [3.05, 3.63) is 35.9 Å². The van der Waals surface area contributed by atoms with Crippen molar-refractivity contribution in [2.24, 2.45) is 0 Å². The molecule has 0 saturated carbocycles. The normalized spacial score (nSPS) is 11.0. The average Bonchev–Trinajstić information content (AvgIpc) is 2.19. The molecule has 1 aromatic carbocycles. The van der Waals surface area contributed by atoms with E-state index in [1.165, 1.54) is 0 Å². The molecule has 0 radical (unpaired) electrons. The zero-order valence-electron chi connectivity index (χ0n) is 8.49. The highest BCUT2D eigenvalue weighted by Gasteiger charge is 2.28. The molecule has 2 nitrogen and oxygen atoms in total. The predicted molar refractivity (Wildman–Crippen MR) is 55.2 cm³/mol. The summed E-state index contributed by atoms with van der Waals surface area (Å²) in [4.78, 5) is 21.9. The molecule has 2 heteroatoms. The Morgan fingerprint density at radius 1 is 1.29 bits per heavy atom. The lowest BCUT2D eigenvalue weighted by atomic mass is 9.80. The van der Waals surface area contributed by atoms with Gasteiger partial charge in [0.05, 0.1) is 6.42 Å². The highest BCUT2D eigenvalue weighted by Crippen LogP contribution is 2.24. The summed E-state index contributed by atoms with van der Waals surface area (Å²) in [5.74, 6) is -0.0429. The minimum Gasteiger partial charge on any atom is -0.303 e. The molecule has 0 heterocycles. The van der Waals surface area contributed by atoms with Crippen LogP contribution in [0.15, 0.2) is 30.3 Å². The molecule has 0 unspecified atom stereocenters. The minimum absolute atomic E-state index is 0.0120. The quantitative estimate of drug-likeness (QED) is 0.538. The Balaban J connectivity index is 2.95. The molecule has 0 fully saturated rings. The third kappa shape index (κ3) is 2.08. The van der Waals surface area contributed by atoms with Crippen molar-refractivity contribution in [1.82, 2.24) is 0 Å². The van der Waals surface area contributed by atoms with Crippen LogP contribution in [-0.2, 0) is 15.0 Å². The van der Waals surface area contributed by atoms with Crippen molar-refractivity contribution in [1.29, 1.82) is 0 Å². The fourth-order valence-electron chi connectivity index (χ4n) is 1.35. The summed E-state index contributed by atoms with van der Waals surface area (Å²) >= 11 is 0. The third-order valence-corrected chi connectivity index (χ3v) is 2.46. The second kappa shape index (κ2) is 4.18. The first-order chi connectivity index (χ1) is 6.59. The van der Waals surface area contributed by atoms with Crippen molar-refractivity contribution in [3.63, 3.8) is 0 Å². The lowest BCUT2D eigenvalue weighted by Gasteiger charge is -2.22. The van der Waals surface area contributed by atoms with E-state index in [0.717, 1.165) is 5.56 Å². The minimum atomic E-state index is -0.567. The van der Waals surface area contributed by atoms with Crippen molar-refractivity contribution >= 4 is 12.1 Å². The largest absolute Gasteiger partial charge is 0.303 e. The van der Waals surface area contributed by atoms with Crippen LogP contribution in [0.4, 0.5) is 0 Å². The van der Waals surface area contributed by atoms with E-state index in [1.54, 1.807) is 0 Å². The summed E-state index contributed by atoms with van der Waals surface area (Å²) in [6.45, 7) is 3.68. The van der Waals surface area contributed by atoms with E-state index in [9.17, 15) is 9.59 Å². The smallest absolute Gasteiger partial charge is 0.149 e. The van der Waals surface area contributed by atoms with Crippen LogP contribution in [0.2, 0.25) is 0 Å². The summed E-state index contributed by atoms with van der Waals surface area (Å²) in [7, 11) is 0. The summed E-state index contributed by atoms with van der Waals surface area (Å²) in [5.41, 5.74) is 0.383. The second-order valence-corrected chi connectivity index (χ2v) is 3.78. The SMILES string of the molecule is CC(C)(C(=O)CC=O)c1ccccc1. The Morgan fingerprint density at radius 2 is 1.86 bits per heavy atom. The van der Waals surface area contributed by atoms with Crippen LogP contribution in [0.1, 0.15) is 25.8 Å². The van der Waals surface area contributed by atoms with Crippen molar-refractivity contribution in [2.75, 3.05) is 0 Å². The number of benzene rings is 1. The van der Waals surface area contributed by atoms with Crippen LogP contribution in [0.5, 0.6) is 0 Å². The predicted octanol–water partition coefficient (Wildman–Crippen LogP) is 2.12. The molecule has 0 aromatic heterocycles. The zero-order chi connectivity index (χ0) is 10.6. The highest BCUT2D eigenvalue weighted by molar-refractivity contribution is 5.97. The summed E-state index contributed by atoms with van der Waals surface area (Å²) in [6.07, 6.45) is 0.648. The van der Waals surface area contributed by atoms with E-state index in [1.807, 2.05) is 44.2 Å². The second-order valence-electron chi connectivity index (χ2n) is 3.78. The van der Waals surface area contributed by atoms with Crippen LogP contribution in [-0.4, -0.2) is 12.1 Å². The average molecular weight is 190 g/mol. The fourth-order valence-corrected chi connectivity index (χ4v) is 1.35. The van der Waals surface area contributed by atoms with Crippen LogP contribution in [0.25, 0.3) is 0 Å². The van der Waals surface area contributed by atoms with Gasteiger partial charge in [-0.15, -0.1) is 0 Å². The Hall–Kier alpha value is -1.44. The number of carbonyl (C=O) groups is 2. The maximum absolute atomic E-state index is 11.6. The molecule has 0 atom stereocenters. The summed E-state index contributed by atoms with van der Waals surface area (Å²) < 4.78 is 0. The van der Waals surface area contributed by atoms with Gasteiger partial charge in [-0.25, -0.2) is 0 Å². The Morgan fingerprint density at radius 3 is 2.36 bits per heavy atom. The maximum Gasteiger partial charge on any atom is 0.149 e. The van der Waals surface area contributed by atoms with Gasteiger partial charge in [0.2, 0.25) is 0 Å². The molecule has 0 saturated heterocycles. The molecular weight excluding hydrogens is 176 g/mol. The molecule has 1 aromatic rings. The van der Waals surface area contributed by atoms with Crippen LogP contribution in [0, 0.1) is 0 Å². The van der Waals surface area contributed by atoms with E-state index >= 15 is 0 Å². The third-order valence-electron chi connectivity index (χ3n) is 2.46. The van der Waals surface area contributed by atoms with Crippen molar-refractivity contribution in [2.45, 2.75) is 25.7 Å². The van der Waals surface area contributed by atoms with E-state index < -0.39 is 5.41 Å². The van der Waals surface area contributed by atoms with Gasteiger partial charge in [0.1, 0.15) is 12.1 Å². The van der Waals surface area contributed by atoms with Gasteiger partial charge in [-0.05, 0) is 19.4 Å². The van der Waals surface area contributed by atoms with Crippen molar-refractivity contribution in [3.8, 4) is 0 Å². The van der Waals surface area contributed by atoms with Gasteiger partial charge in [0, 0.05) is 5.41 Å². The molecule has 1 rings (SSSR count). The number of ketones is 1. The summed E-state index contributed by atoms with van der Waals surface area (Å²) in [6, 6.07) is 9.51. The van der Waals surface area contributed by atoms with E-state index in [4.69, 9.17) is 0 Å². The number of carbonyl (C=O) groups excluding carboxylic acids is 2. The standard InChI is InChI=1S/C12H14O2/c1-12(2,11(14)8-9-13)10-6-4-3-5-7-10/h3-7,9H,8H2,1-2H3. The van der Waals surface area contributed by atoms with Gasteiger partial charge in [-0.3, -0.25) is 4.79 Å². The molecule has 0 aliphatic heterocycles. The number of rotatable bonds is 4. The molecule has 0 spiro atoms. The topological polar surface area (TPSA) is 34.1 Å². The van der Waals surface area contributed by atoms with Crippen molar-refractivity contribution < 1.29 is 9.59 Å². The van der Waals surface area contributed by atoms with Crippen LogP contribution >= 0.6 is 0 Å². The lowest BCUT2D eigenvalue weighted by molar-refractivity contribution is -0.126. The van der Waals surface area contributed by atoms with Gasteiger partial charge >= 0.3 is 0 Å². The molecule has 0 aliphatic carbocycles. The Kier molecular flexibility index (Phi) is 3.18. The van der Waals surface area contributed by atoms with E-state index in [2.05, 4.69) is 0 Å². The van der Waals surface area contributed by atoms with Gasteiger partial charge in [0.25, 0.3) is 0 Å². The number of Topliss-reactive ketones (excluding diaryl/α,β-unsaturated/α-hetero) is 1. The number of hydrogen-bond acceptors (Lipinski definition) is 2. The lowest BCUT2D eigenvalue weighted by Crippen LogP contribution is -2.29. The zero-order valence-corrected chi connectivity index (χ0v) is 8.49. The highest BCUT2D eigenvalue weighted by atomic mass is 16.1. The molecule has 74 valence electrons. The Labute approximate surface area is 83.9 Å². The molecule has 0 aliphatic rings. The summed E-state index contributed by atoms with van der Waals surface area (Å²) in [5, 5.41) is 0. The monoisotopic (exact) mass is 190 g/mol. The van der Waals surface area contributed by atoms with E-state index in [-0.39, 0.29) is 12.2 Å². The molecular formula is C12H14O2. The first-order valence-electron chi connectivity index (χ1n) is 4.61. The maximum atomic E-state index is 11.6. The molecule has 0 amide bonds. The van der Waals surface area contributed by atoms with E-state index in [0.29, 0.717) is 6.29 Å². The Bertz CT molecular complexity index is 325.